The Kier molecular flexibility index (Phi) is 5.11. The number of aromatic nitrogens is 3. The number of nitrogens with one attached hydrogen (secondary N) is 1. The molecule has 0 bridgehead atoms. The summed E-state index contributed by atoms with van der Waals surface area (Å²) >= 11 is 0. The summed E-state index contributed by atoms with van der Waals surface area (Å²) < 4.78 is 1.84. The highest BCUT2D eigenvalue weighted by Crippen LogP contribution is 2.19. The van der Waals surface area contributed by atoms with Crippen LogP contribution < -0.4 is 5.32 Å². The average molecular weight is 341 g/mol. The first kappa shape index (κ1) is 17.1. The van der Waals surface area contributed by atoms with Crippen molar-refractivity contribution >= 4 is 11.8 Å². The molecule has 2 amide bonds. The zero-order chi connectivity index (χ0) is 17.8. The van der Waals surface area contributed by atoms with Crippen LogP contribution in [0.4, 0.5) is 0 Å². The minimum Gasteiger partial charge on any atom is -0.348 e. The monoisotopic (exact) mass is 341 g/mol. The second kappa shape index (κ2) is 7.46. The quantitative estimate of drug-likeness (QED) is 0.861. The molecule has 0 spiro atoms. The Morgan fingerprint density at radius 1 is 1.32 bits per heavy atom. The molecule has 2 aromatic rings. The largest absolute Gasteiger partial charge is 0.348 e. The van der Waals surface area contributed by atoms with E-state index in [2.05, 4.69) is 29.4 Å². The molecule has 1 atom stereocenters. The van der Waals surface area contributed by atoms with Crippen molar-refractivity contribution in [1.29, 1.82) is 0 Å². The molecule has 7 heteroatoms. The number of para-hydroxylation sites is 1. The van der Waals surface area contributed by atoms with Crippen molar-refractivity contribution in [3.63, 3.8) is 0 Å². The van der Waals surface area contributed by atoms with Crippen LogP contribution in [0, 0.1) is 11.8 Å². The number of rotatable bonds is 6. The van der Waals surface area contributed by atoms with E-state index in [1.54, 1.807) is 11.2 Å². The molecule has 1 N–H and O–H groups in total. The third-order valence-electron chi connectivity index (χ3n) is 4.24. The van der Waals surface area contributed by atoms with Gasteiger partial charge in [0.2, 0.25) is 11.8 Å². The first-order chi connectivity index (χ1) is 12.0. The molecule has 1 aromatic carbocycles. The van der Waals surface area contributed by atoms with Crippen molar-refractivity contribution in [3.8, 4) is 5.69 Å². The molecule has 1 aliphatic heterocycles. The van der Waals surface area contributed by atoms with Gasteiger partial charge >= 0.3 is 0 Å². The standard InChI is InChI=1S/C18H23N5O2/c1-13(2)10-22-11-14(8-17(22)24)18(25)19-9-16-21-20-12-23(16)15-6-4-3-5-7-15/h3-7,12-14H,8-11H2,1-2H3,(H,19,25)/t14-/m0/s1. The van der Waals surface area contributed by atoms with Gasteiger partial charge in [-0.1, -0.05) is 32.0 Å². The van der Waals surface area contributed by atoms with E-state index < -0.39 is 0 Å². The molecule has 0 aliphatic carbocycles. The Hall–Kier alpha value is -2.70. The highest BCUT2D eigenvalue weighted by Gasteiger charge is 2.34. The van der Waals surface area contributed by atoms with Crippen molar-refractivity contribution in [2.45, 2.75) is 26.8 Å². The van der Waals surface area contributed by atoms with Crippen molar-refractivity contribution < 1.29 is 9.59 Å². The normalized spacial score (nSPS) is 17.3. The maximum absolute atomic E-state index is 12.4. The molecule has 1 fully saturated rings. The van der Waals surface area contributed by atoms with E-state index in [-0.39, 0.29) is 30.7 Å². The Labute approximate surface area is 147 Å². The highest BCUT2D eigenvalue weighted by atomic mass is 16.2. The van der Waals surface area contributed by atoms with Crippen LogP contribution in [-0.4, -0.2) is 44.6 Å². The Balaban J connectivity index is 1.59. The first-order valence-corrected chi connectivity index (χ1v) is 8.54. The zero-order valence-electron chi connectivity index (χ0n) is 14.6. The number of likely N-dealkylation sites (tertiary alicyclic amines) is 1. The van der Waals surface area contributed by atoms with Crippen LogP contribution in [0.15, 0.2) is 36.7 Å². The molecule has 132 valence electrons. The molecule has 0 radical (unpaired) electrons. The van der Waals surface area contributed by atoms with Crippen molar-refractivity contribution in [2.75, 3.05) is 13.1 Å². The number of carbonyl (C=O) groups excluding carboxylic acids is 2. The summed E-state index contributed by atoms with van der Waals surface area (Å²) in [5.41, 5.74) is 0.941. The lowest BCUT2D eigenvalue weighted by atomic mass is 10.1. The van der Waals surface area contributed by atoms with E-state index in [0.29, 0.717) is 24.8 Å². The molecule has 25 heavy (non-hydrogen) atoms. The first-order valence-electron chi connectivity index (χ1n) is 8.54. The fraction of sp³-hybridized carbons (Fsp3) is 0.444. The topological polar surface area (TPSA) is 80.1 Å². The number of nitrogens with zero attached hydrogens (tertiary/aromatic N) is 4. The average Bonchev–Trinajstić information content (AvgIpc) is 3.20. The van der Waals surface area contributed by atoms with Gasteiger partial charge in [0, 0.05) is 25.2 Å². The van der Waals surface area contributed by atoms with E-state index in [4.69, 9.17) is 0 Å². The summed E-state index contributed by atoms with van der Waals surface area (Å²) in [4.78, 5) is 26.2. The third-order valence-corrected chi connectivity index (χ3v) is 4.24. The van der Waals surface area contributed by atoms with E-state index in [9.17, 15) is 9.59 Å². The summed E-state index contributed by atoms with van der Waals surface area (Å²) in [7, 11) is 0. The fourth-order valence-corrected chi connectivity index (χ4v) is 3.06. The summed E-state index contributed by atoms with van der Waals surface area (Å²) in [6, 6.07) is 9.72. The van der Waals surface area contributed by atoms with Gasteiger partial charge in [0.25, 0.3) is 0 Å². The zero-order valence-corrected chi connectivity index (χ0v) is 14.6. The minimum atomic E-state index is -0.292. The van der Waals surface area contributed by atoms with Crippen molar-refractivity contribution in [3.05, 3.63) is 42.5 Å². The van der Waals surface area contributed by atoms with Crippen LogP contribution in [0.3, 0.4) is 0 Å². The number of hydrogen-bond donors (Lipinski definition) is 1. The summed E-state index contributed by atoms with van der Waals surface area (Å²) in [5.74, 6) is 0.709. The molecular weight excluding hydrogens is 318 g/mol. The highest BCUT2D eigenvalue weighted by molar-refractivity contribution is 5.89. The molecule has 0 unspecified atom stereocenters. The van der Waals surface area contributed by atoms with Gasteiger partial charge < -0.3 is 10.2 Å². The van der Waals surface area contributed by atoms with Crippen LogP contribution in [0.25, 0.3) is 5.69 Å². The van der Waals surface area contributed by atoms with Gasteiger partial charge in [-0.25, -0.2) is 0 Å². The van der Waals surface area contributed by atoms with Crippen LogP contribution in [0.5, 0.6) is 0 Å². The van der Waals surface area contributed by atoms with Crippen LogP contribution in [0.1, 0.15) is 26.1 Å². The van der Waals surface area contributed by atoms with Gasteiger partial charge in [0.05, 0.1) is 12.5 Å². The molecule has 0 saturated carbocycles. The molecule has 1 aliphatic rings. The predicted octanol–water partition coefficient (Wildman–Crippen LogP) is 1.39. The van der Waals surface area contributed by atoms with Gasteiger partial charge in [-0.2, -0.15) is 0 Å². The third kappa shape index (κ3) is 4.04. The molecule has 1 saturated heterocycles. The maximum atomic E-state index is 12.4. The second-order valence-electron chi connectivity index (χ2n) is 6.76. The van der Waals surface area contributed by atoms with E-state index in [1.165, 1.54) is 0 Å². The summed E-state index contributed by atoms with van der Waals surface area (Å²) in [6.07, 6.45) is 1.91. The van der Waals surface area contributed by atoms with Crippen LogP contribution >= 0.6 is 0 Å². The number of hydrogen-bond acceptors (Lipinski definition) is 4. The van der Waals surface area contributed by atoms with Gasteiger partial charge in [-0.15, -0.1) is 10.2 Å². The van der Waals surface area contributed by atoms with Crippen molar-refractivity contribution in [2.24, 2.45) is 11.8 Å². The van der Waals surface area contributed by atoms with E-state index >= 15 is 0 Å². The lowest BCUT2D eigenvalue weighted by molar-refractivity contribution is -0.129. The number of benzene rings is 1. The maximum Gasteiger partial charge on any atom is 0.225 e. The smallest absolute Gasteiger partial charge is 0.225 e. The summed E-state index contributed by atoms with van der Waals surface area (Å²) in [6.45, 7) is 5.61. The van der Waals surface area contributed by atoms with E-state index in [1.807, 2.05) is 34.9 Å². The van der Waals surface area contributed by atoms with Gasteiger partial charge in [0.1, 0.15) is 6.33 Å². The SMILES string of the molecule is CC(C)CN1C[C@@H](C(=O)NCc2nncn2-c2ccccc2)CC1=O. The Morgan fingerprint density at radius 3 is 2.80 bits per heavy atom. The van der Waals surface area contributed by atoms with Crippen LogP contribution in [0.2, 0.25) is 0 Å². The lowest BCUT2D eigenvalue weighted by Gasteiger charge is -2.18. The number of amides is 2. The van der Waals surface area contributed by atoms with Gasteiger partial charge in [-0.05, 0) is 18.1 Å². The molecule has 7 nitrogen and oxygen atoms in total. The number of carbonyl (C=O) groups is 2. The van der Waals surface area contributed by atoms with Gasteiger partial charge in [-0.3, -0.25) is 14.2 Å². The molecule has 2 heterocycles. The van der Waals surface area contributed by atoms with Crippen LogP contribution in [-0.2, 0) is 16.1 Å². The molecular formula is C18H23N5O2. The van der Waals surface area contributed by atoms with Gasteiger partial charge in [0.15, 0.2) is 5.82 Å². The summed E-state index contributed by atoms with van der Waals surface area (Å²) in [5, 5.41) is 10.9. The Bertz CT molecular complexity index is 741. The predicted molar refractivity (Wildman–Crippen MR) is 92.7 cm³/mol. The minimum absolute atomic E-state index is 0.0568. The van der Waals surface area contributed by atoms with E-state index in [0.717, 1.165) is 5.69 Å². The lowest BCUT2D eigenvalue weighted by Crippen LogP contribution is -2.34. The molecule has 3 rings (SSSR count). The van der Waals surface area contributed by atoms with Crippen molar-refractivity contribution in [1.82, 2.24) is 25.0 Å². The molecule has 1 aromatic heterocycles. The fourth-order valence-electron chi connectivity index (χ4n) is 3.06. The Morgan fingerprint density at radius 2 is 2.08 bits per heavy atom. The second-order valence-corrected chi connectivity index (χ2v) is 6.76.